The minimum Gasteiger partial charge on any atom is -0.490 e. The van der Waals surface area contributed by atoms with Crippen LogP contribution >= 0.6 is 0 Å². The lowest BCUT2D eigenvalue weighted by atomic mass is 9.98. The van der Waals surface area contributed by atoms with Crippen LogP contribution in [0.5, 0.6) is 5.75 Å². The summed E-state index contributed by atoms with van der Waals surface area (Å²) in [6.07, 6.45) is 17.4. The summed E-state index contributed by atoms with van der Waals surface area (Å²) in [4.78, 5) is 22.1. The van der Waals surface area contributed by atoms with E-state index in [1.165, 1.54) is 16.8 Å². The van der Waals surface area contributed by atoms with E-state index in [0.717, 1.165) is 93.5 Å². The summed E-state index contributed by atoms with van der Waals surface area (Å²) >= 11 is 0. The first-order valence-corrected chi connectivity index (χ1v) is 19.8. The Morgan fingerprint density at radius 2 is 1.91 bits per heavy atom. The third kappa shape index (κ3) is 14.6. The zero-order chi connectivity index (χ0) is 37.7. The van der Waals surface area contributed by atoms with Gasteiger partial charge in [0.05, 0.1) is 0 Å². The van der Waals surface area contributed by atoms with Crippen molar-refractivity contribution in [2.24, 2.45) is 4.99 Å². The van der Waals surface area contributed by atoms with Crippen molar-refractivity contribution in [2.75, 3.05) is 63.9 Å². The summed E-state index contributed by atoms with van der Waals surface area (Å²) in [5.41, 5.74) is 4.85. The molecule has 286 valence electrons. The molecule has 0 aromatic heterocycles. The molecule has 0 aliphatic carbocycles. The molecule has 1 amide bonds. The number of aliphatic imine (C=N–C) groups is 1. The number of rotatable bonds is 23. The number of nitrogens with one attached hydrogen (secondary N) is 2. The molecule has 8 heteroatoms. The van der Waals surface area contributed by atoms with Gasteiger partial charge in [-0.25, -0.2) is 0 Å². The molecule has 2 unspecified atom stereocenters. The molecule has 0 saturated carbocycles. The number of aliphatic hydroxyl groups excluding tert-OH is 1. The molecule has 3 N–H and O–H groups in total. The topological polar surface area (TPSA) is 89.4 Å². The smallest absolute Gasteiger partial charge is 0.221 e. The van der Waals surface area contributed by atoms with Gasteiger partial charge in [-0.05, 0) is 118 Å². The van der Waals surface area contributed by atoms with Crippen molar-refractivity contribution < 1.29 is 14.6 Å². The van der Waals surface area contributed by atoms with E-state index in [1.54, 1.807) is 0 Å². The summed E-state index contributed by atoms with van der Waals surface area (Å²) in [6, 6.07) is 21.0. The lowest BCUT2D eigenvalue weighted by Gasteiger charge is -2.31. The molecule has 4 rings (SSSR count). The number of hydrogen-bond acceptors (Lipinski definition) is 7. The van der Waals surface area contributed by atoms with Gasteiger partial charge in [0, 0.05) is 55.9 Å². The Morgan fingerprint density at radius 1 is 1.08 bits per heavy atom. The van der Waals surface area contributed by atoms with Crippen molar-refractivity contribution in [3.8, 4) is 5.75 Å². The molecule has 3 aromatic rings. The molecule has 2 atom stereocenters. The molecule has 0 spiro atoms. The second kappa shape index (κ2) is 23.4. The highest BCUT2D eigenvalue weighted by atomic mass is 16.5. The lowest BCUT2D eigenvalue weighted by molar-refractivity contribution is -0.121. The van der Waals surface area contributed by atoms with Crippen LogP contribution in [0.4, 0.5) is 5.69 Å². The highest BCUT2D eigenvalue weighted by Gasteiger charge is 2.18. The van der Waals surface area contributed by atoms with Crippen LogP contribution in [0.1, 0.15) is 70.9 Å². The number of hydrogen-bond donors (Lipinski definition) is 3. The van der Waals surface area contributed by atoms with Crippen LogP contribution in [0.2, 0.25) is 0 Å². The van der Waals surface area contributed by atoms with Gasteiger partial charge in [-0.2, -0.15) is 0 Å². The second-order valence-electron chi connectivity index (χ2n) is 13.9. The number of amides is 1. The van der Waals surface area contributed by atoms with E-state index in [0.29, 0.717) is 19.5 Å². The van der Waals surface area contributed by atoms with Crippen LogP contribution in [0.15, 0.2) is 95.5 Å². The average Bonchev–Trinajstić information content (AvgIpc) is 3.17. The molecular weight excluding hydrogens is 659 g/mol. The zero-order valence-corrected chi connectivity index (χ0v) is 32.6. The van der Waals surface area contributed by atoms with Crippen molar-refractivity contribution in [1.82, 2.24) is 15.5 Å². The molecule has 1 aliphatic heterocycles. The molecule has 0 saturated heterocycles. The SMILES string of the molecule is C\C=C/C(C=Cc1ccc2c(c1)CCCN2CCC(=O)NC(C)CCCN(CC)CC)=C\C=N\CCCNCC(O)COc1cccc2ccccc12. The van der Waals surface area contributed by atoms with Crippen molar-refractivity contribution in [2.45, 2.75) is 78.4 Å². The predicted molar refractivity (Wildman–Crippen MR) is 224 cm³/mol. The predicted octanol–water partition coefficient (Wildman–Crippen LogP) is 7.62. The Bertz CT molecular complexity index is 1660. The fourth-order valence-electron chi connectivity index (χ4n) is 6.74. The van der Waals surface area contributed by atoms with E-state index >= 15 is 0 Å². The van der Waals surface area contributed by atoms with Gasteiger partial charge in [-0.3, -0.25) is 9.79 Å². The fraction of sp³-hybridized carbons (Fsp3) is 0.467. The third-order valence-electron chi connectivity index (χ3n) is 9.74. The number of aliphatic hydroxyl groups is 1. The van der Waals surface area contributed by atoms with Gasteiger partial charge in [0.15, 0.2) is 0 Å². The number of allylic oxidation sites excluding steroid dienone is 5. The average molecular weight is 722 g/mol. The minimum absolute atomic E-state index is 0.144. The Hall–Kier alpha value is -4.24. The van der Waals surface area contributed by atoms with Gasteiger partial charge < -0.3 is 30.3 Å². The Morgan fingerprint density at radius 3 is 2.74 bits per heavy atom. The number of aryl methyl sites for hydroxylation is 1. The van der Waals surface area contributed by atoms with E-state index in [9.17, 15) is 9.90 Å². The second-order valence-corrected chi connectivity index (χ2v) is 13.9. The van der Waals surface area contributed by atoms with Crippen LogP contribution in [0.3, 0.4) is 0 Å². The maximum Gasteiger partial charge on any atom is 0.221 e. The van der Waals surface area contributed by atoms with Gasteiger partial charge in [-0.15, -0.1) is 0 Å². The summed E-state index contributed by atoms with van der Waals surface area (Å²) in [6.45, 7) is 15.7. The Balaban J connectivity index is 1.15. The largest absolute Gasteiger partial charge is 0.490 e. The summed E-state index contributed by atoms with van der Waals surface area (Å²) in [5.74, 6) is 0.937. The normalized spacial score (nSPS) is 14.8. The lowest BCUT2D eigenvalue weighted by Crippen LogP contribution is -2.37. The number of carbonyl (C=O) groups is 1. The molecule has 3 aromatic carbocycles. The van der Waals surface area contributed by atoms with Crippen molar-refractivity contribution in [3.63, 3.8) is 0 Å². The van der Waals surface area contributed by atoms with Gasteiger partial charge in [0.1, 0.15) is 18.5 Å². The number of anilines is 1. The third-order valence-corrected chi connectivity index (χ3v) is 9.74. The van der Waals surface area contributed by atoms with Gasteiger partial charge in [-0.1, -0.05) is 80.6 Å². The van der Waals surface area contributed by atoms with Crippen molar-refractivity contribution in [1.29, 1.82) is 0 Å². The summed E-state index contributed by atoms with van der Waals surface area (Å²) in [7, 11) is 0. The molecule has 53 heavy (non-hydrogen) atoms. The zero-order valence-electron chi connectivity index (χ0n) is 32.6. The maximum absolute atomic E-state index is 12.7. The van der Waals surface area contributed by atoms with Gasteiger partial charge >= 0.3 is 0 Å². The maximum atomic E-state index is 12.7. The standard InChI is InChI=1S/C45H63N5O3/c1-5-14-37(25-29-46-27-13-28-47-34-41(51)35-53-44-20-10-17-39-16-8-9-19-42(39)44)21-22-38-23-24-43-40(33-38)18-12-31-50(43)32-26-45(52)48-36(4)15-11-30-49(6-2)7-3/h5,8-10,14,16-17,19-25,29,33,36,41,47,51H,6-7,11-13,15,18,26-28,30-32,34-35H2,1-4H3,(H,48,52)/b14-5-,22-21?,37-25+,46-29+. The number of nitrogens with zero attached hydrogens (tertiary/aromatic N) is 3. The monoisotopic (exact) mass is 721 g/mol. The molecule has 0 fully saturated rings. The van der Waals surface area contributed by atoms with E-state index in [1.807, 2.05) is 55.6 Å². The van der Waals surface area contributed by atoms with E-state index in [-0.39, 0.29) is 18.6 Å². The highest BCUT2D eigenvalue weighted by Crippen LogP contribution is 2.29. The molecule has 8 nitrogen and oxygen atoms in total. The Labute approximate surface area is 318 Å². The first kappa shape index (κ1) is 41.5. The van der Waals surface area contributed by atoms with Crippen LogP contribution < -0.4 is 20.3 Å². The first-order chi connectivity index (χ1) is 25.9. The van der Waals surface area contributed by atoms with Crippen molar-refractivity contribution in [3.05, 3.63) is 102 Å². The number of fused-ring (bicyclic) bond motifs is 2. The number of carbonyl (C=O) groups excluding carboxylic acids is 1. The van der Waals surface area contributed by atoms with E-state index in [4.69, 9.17) is 4.74 Å². The van der Waals surface area contributed by atoms with Crippen LogP contribution in [0.25, 0.3) is 16.8 Å². The molecule has 1 heterocycles. The molecule has 0 radical (unpaired) electrons. The first-order valence-electron chi connectivity index (χ1n) is 19.8. The fourth-order valence-corrected chi connectivity index (χ4v) is 6.74. The molecule has 0 bridgehead atoms. The quantitative estimate of drug-likeness (QED) is 0.0531. The Kier molecular flexibility index (Phi) is 18.4. The highest BCUT2D eigenvalue weighted by molar-refractivity contribution is 5.88. The van der Waals surface area contributed by atoms with Gasteiger partial charge in [0.2, 0.25) is 5.91 Å². The van der Waals surface area contributed by atoms with Crippen LogP contribution in [-0.2, 0) is 11.2 Å². The molecule has 1 aliphatic rings. The summed E-state index contributed by atoms with van der Waals surface area (Å²) < 4.78 is 5.91. The van der Waals surface area contributed by atoms with E-state index in [2.05, 4.69) is 94.8 Å². The van der Waals surface area contributed by atoms with Crippen molar-refractivity contribution >= 4 is 34.7 Å². The summed E-state index contributed by atoms with van der Waals surface area (Å²) in [5, 5.41) is 19.1. The minimum atomic E-state index is -0.588. The van der Waals surface area contributed by atoms with Crippen LogP contribution in [-0.4, -0.2) is 93.2 Å². The molecular formula is C45H63N5O3. The number of benzene rings is 3. The van der Waals surface area contributed by atoms with E-state index < -0.39 is 6.10 Å². The number of ether oxygens (including phenoxy) is 1. The van der Waals surface area contributed by atoms with Crippen LogP contribution in [0, 0.1) is 0 Å². The van der Waals surface area contributed by atoms with Gasteiger partial charge in [0.25, 0.3) is 0 Å².